The van der Waals surface area contributed by atoms with Crippen LogP contribution in [-0.2, 0) is 11.3 Å². The number of ether oxygens (including phenoxy) is 1. The number of hydrogen-bond donors (Lipinski definition) is 1. The van der Waals surface area contributed by atoms with Gasteiger partial charge in [0.15, 0.2) is 0 Å². The molecule has 1 aliphatic heterocycles. The lowest BCUT2D eigenvalue weighted by molar-refractivity contribution is -0.129. The summed E-state index contributed by atoms with van der Waals surface area (Å²) >= 11 is 0. The number of benzene rings is 1. The highest BCUT2D eigenvalue weighted by Gasteiger charge is 2.45. The zero-order valence-electron chi connectivity index (χ0n) is 13.8. The van der Waals surface area contributed by atoms with Crippen LogP contribution in [0.5, 0.6) is 5.75 Å². The van der Waals surface area contributed by atoms with Crippen molar-refractivity contribution in [1.82, 2.24) is 10.2 Å². The Kier molecular flexibility index (Phi) is 4.13. The number of nitrogens with zero attached hydrogens (tertiary/aromatic N) is 1. The van der Waals surface area contributed by atoms with E-state index in [2.05, 4.69) is 48.3 Å². The summed E-state index contributed by atoms with van der Waals surface area (Å²) < 4.78 is 5.86. The second kappa shape index (κ2) is 5.92. The van der Waals surface area contributed by atoms with Gasteiger partial charge in [-0.25, -0.2) is 0 Å². The first-order valence-electron chi connectivity index (χ1n) is 8.13. The summed E-state index contributed by atoms with van der Waals surface area (Å²) in [4.78, 5) is 13.8. The molecule has 4 heteroatoms. The summed E-state index contributed by atoms with van der Waals surface area (Å²) in [6, 6.07) is 8.36. The van der Waals surface area contributed by atoms with Crippen LogP contribution in [0.2, 0.25) is 0 Å². The first kappa shape index (κ1) is 15.3. The van der Waals surface area contributed by atoms with E-state index >= 15 is 0 Å². The third-order valence-corrected chi connectivity index (χ3v) is 5.07. The van der Waals surface area contributed by atoms with Gasteiger partial charge in [0, 0.05) is 26.7 Å². The van der Waals surface area contributed by atoms with Crippen LogP contribution < -0.4 is 10.1 Å². The molecule has 0 spiro atoms. The SMILES string of the molecule is CNC(=O)C1CN(Cc2ccc(OCC3CC3(C)C)cc2)C1. The van der Waals surface area contributed by atoms with Crippen molar-refractivity contribution in [3.63, 3.8) is 0 Å². The minimum atomic E-state index is 0.156. The van der Waals surface area contributed by atoms with Crippen LogP contribution in [0.25, 0.3) is 0 Å². The third kappa shape index (κ3) is 3.43. The summed E-state index contributed by atoms with van der Waals surface area (Å²) in [5, 5.41) is 2.71. The van der Waals surface area contributed by atoms with E-state index in [9.17, 15) is 4.79 Å². The zero-order chi connectivity index (χ0) is 15.7. The maximum absolute atomic E-state index is 11.5. The maximum Gasteiger partial charge on any atom is 0.225 e. The molecule has 4 nitrogen and oxygen atoms in total. The molecule has 0 radical (unpaired) electrons. The Morgan fingerprint density at radius 3 is 2.50 bits per heavy atom. The second-order valence-corrected chi connectivity index (χ2v) is 7.35. The normalized spacial score (nSPS) is 23.7. The largest absolute Gasteiger partial charge is 0.493 e. The lowest BCUT2D eigenvalue weighted by Gasteiger charge is -2.38. The molecule has 1 heterocycles. The molecule has 1 atom stereocenters. The molecule has 1 unspecified atom stereocenters. The quantitative estimate of drug-likeness (QED) is 0.876. The van der Waals surface area contributed by atoms with Gasteiger partial charge in [-0.1, -0.05) is 26.0 Å². The van der Waals surface area contributed by atoms with Crippen LogP contribution >= 0.6 is 0 Å². The van der Waals surface area contributed by atoms with E-state index in [1.807, 2.05) is 0 Å². The van der Waals surface area contributed by atoms with Crippen LogP contribution in [0.3, 0.4) is 0 Å². The Balaban J connectivity index is 1.41. The molecule has 0 aromatic heterocycles. The molecule has 120 valence electrons. The molecule has 3 rings (SSSR count). The van der Waals surface area contributed by atoms with Gasteiger partial charge in [0.05, 0.1) is 12.5 Å². The Hall–Kier alpha value is -1.55. The fraction of sp³-hybridized carbons (Fsp3) is 0.611. The van der Waals surface area contributed by atoms with Crippen molar-refractivity contribution in [2.24, 2.45) is 17.3 Å². The van der Waals surface area contributed by atoms with Crippen LogP contribution in [0.1, 0.15) is 25.8 Å². The Morgan fingerprint density at radius 1 is 1.32 bits per heavy atom. The van der Waals surface area contributed by atoms with E-state index < -0.39 is 0 Å². The van der Waals surface area contributed by atoms with Gasteiger partial charge in [0.25, 0.3) is 0 Å². The minimum absolute atomic E-state index is 0.156. The van der Waals surface area contributed by atoms with Gasteiger partial charge in [-0.05, 0) is 35.4 Å². The summed E-state index contributed by atoms with van der Waals surface area (Å²) in [5.41, 5.74) is 1.74. The number of rotatable bonds is 6. The molecule has 1 aliphatic carbocycles. The summed E-state index contributed by atoms with van der Waals surface area (Å²) in [7, 11) is 1.70. The second-order valence-electron chi connectivity index (χ2n) is 7.35. The lowest BCUT2D eigenvalue weighted by atomic mass is 9.98. The van der Waals surface area contributed by atoms with Crippen LogP contribution in [0.15, 0.2) is 24.3 Å². The lowest BCUT2D eigenvalue weighted by Crippen LogP contribution is -2.52. The van der Waals surface area contributed by atoms with Gasteiger partial charge in [0.2, 0.25) is 5.91 Å². The summed E-state index contributed by atoms with van der Waals surface area (Å²) in [6.45, 7) is 8.03. The van der Waals surface area contributed by atoms with Gasteiger partial charge < -0.3 is 10.1 Å². The van der Waals surface area contributed by atoms with Crippen LogP contribution in [0, 0.1) is 17.3 Å². The maximum atomic E-state index is 11.5. The molecule has 22 heavy (non-hydrogen) atoms. The van der Waals surface area contributed by atoms with Crippen molar-refractivity contribution in [1.29, 1.82) is 0 Å². The first-order valence-corrected chi connectivity index (χ1v) is 8.13. The first-order chi connectivity index (χ1) is 10.5. The number of carbonyl (C=O) groups is 1. The number of amides is 1. The average Bonchev–Trinajstić information content (AvgIpc) is 3.08. The monoisotopic (exact) mass is 302 g/mol. The van der Waals surface area contributed by atoms with Crippen LogP contribution in [-0.4, -0.2) is 37.6 Å². The molecule has 1 aromatic rings. The van der Waals surface area contributed by atoms with Crippen molar-refractivity contribution >= 4 is 5.91 Å². The molecule has 2 fully saturated rings. The number of likely N-dealkylation sites (tertiary alicyclic amines) is 1. The van der Waals surface area contributed by atoms with Gasteiger partial charge in [-0.3, -0.25) is 9.69 Å². The highest BCUT2D eigenvalue weighted by atomic mass is 16.5. The van der Waals surface area contributed by atoms with E-state index in [0.29, 0.717) is 11.3 Å². The highest BCUT2D eigenvalue weighted by molar-refractivity contribution is 5.79. The fourth-order valence-electron chi connectivity index (χ4n) is 3.08. The summed E-state index contributed by atoms with van der Waals surface area (Å²) in [6.07, 6.45) is 1.27. The van der Waals surface area contributed by atoms with E-state index in [1.165, 1.54) is 12.0 Å². The molecule has 1 N–H and O–H groups in total. The topological polar surface area (TPSA) is 41.6 Å². The van der Waals surface area contributed by atoms with E-state index in [-0.39, 0.29) is 11.8 Å². The van der Waals surface area contributed by atoms with Gasteiger partial charge in [0.1, 0.15) is 5.75 Å². The van der Waals surface area contributed by atoms with Crippen molar-refractivity contribution < 1.29 is 9.53 Å². The van der Waals surface area contributed by atoms with Gasteiger partial charge in [-0.2, -0.15) is 0 Å². The van der Waals surface area contributed by atoms with Crippen molar-refractivity contribution in [3.05, 3.63) is 29.8 Å². The Bertz CT molecular complexity index is 533. The molecule has 1 saturated heterocycles. The third-order valence-electron chi connectivity index (χ3n) is 5.07. The fourth-order valence-corrected chi connectivity index (χ4v) is 3.08. The highest BCUT2D eigenvalue weighted by Crippen LogP contribution is 2.51. The van der Waals surface area contributed by atoms with E-state index in [0.717, 1.165) is 32.0 Å². The minimum Gasteiger partial charge on any atom is -0.493 e. The van der Waals surface area contributed by atoms with Crippen molar-refractivity contribution in [2.75, 3.05) is 26.7 Å². The number of nitrogens with one attached hydrogen (secondary N) is 1. The number of hydrogen-bond acceptors (Lipinski definition) is 3. The molecule has 1 saturated carbocycles. The average molecular weight is 302 g/mol. The van der Waals surface area contributed by atoms with Crippen molar-refractivity contribution in [2.45, 2.75) is 26.8 Å². The standard InChI is InChI=1S/C18H26N2O2/c1-18(2)8-15(18)12-22-16-6-4-13(5-7-16)9-20-10-14(11-20)17(21)19-3/h4-7,14-15H,8-12H2,1-3H3,(H,19,21). The van der Waals surface area contributed by atoms with Crippen LogP contribution in [0.4, 0.5) is 0 Å². The predicted molar refractivity (Wildman–Crippen MR) is 86.7 cm³/mol. The van der Waals surface area contributed by atoms with Crippen molar-refractivity contribution in [3.8, 4) is 5.75 Å². The molecule has 0 bridgehead atoms. The van der Waals surface area contributed by atoms with E-state index in [1.54, 1.807) is 7.05 Å². The van der Waals surface area contributed by atoms with Gasteiger partial charge >= 0.3 is 0 Å². The molecular weight excluding hydrogens is 276 g/mol. The smallest absolute Gasteiger partial charge is 0.225 e. The molecule has 1 amide bonds. The molecule has 1 aromatic carbocycles. The Morgan fingerprint density at radius 2 is 1.95 bits per heavy atom. The predicted octanol–water partition coefficient (Wildman–Crippen LogP) is 2.29. The number of carbonyl (C=O) groups excluding carboxylic acids is 1. The molecule has 2 aliphatic rings. The zero-order valence-corrected chi connectivity index (χ0v) is 13.8. The molecular formula is C18H26N2O2. The summed E-state index contributed by atoms with van der Waals surface area (Å²) in [5.74, 6) is 1.98. The van der Waals surface area contributed by atoms with Gasteiger partial charge in [-0.15, -0.1) is 0 Å². The van der Waals surface area contributed by atoms with E-state index in [4.69, 9.17) is 4.74 Å². The Labute approximate surface area is 132 Å².